The van der Waals surface area contributed by atoms with E-state index in [-0.39, 0.29) is 23.5 Å². The van der Waals surface area contributed by atoms with Crippen molar-refractivity contribution in [3.63, 3.8) is 0 Å². The van der Waals surface area contributed by atoms with Gasteiger partial charge >= 0.3 is 5.97 Å². The van der Waals surface area contributed by atoms with Crippen LogP contribution in [0.15, 0.2) is 18.2 Å². The molecule has 0 bridgehead atoms. The van der Waals surface area contributed by atoms with Crippen LogP contribution in [0.25, 0.3) is 0 Å². The second-order valence-corrected chi connectivity index (χ2v) is 5.06. The van der Waals surface area contributed by atoms with Crippen LogP contribution in [0, 0.1) is 5.92 Å². The molecule has 1 heterocycles. The maximum atomic E-state index is 11.1. The van der Waals surface area contributed by atoms with Gasteiger partial charge in [-0.1, -0.05) is 6.07 Å². The molecule has 2 rings (SSSR count). The normalized spacial score (nSPS) is 22.1. The highest BCUT2D eigenvalue weighted by atomic mass is 16.4. The molecule has 2 atom stereocenters. The van der Waals surface area contributed by atoms with E-state index < -0.39 is 5.97 Å². The molecule has 5 nitrogen and oxygen atoms in total. The summed E-state index contributed by atoms with van der Waals surface area (Å²) in [6, 6.07) is 4.44. The van der Waals surface area contributed by atoms with E-state index in [0.717, 1.165) is 13.0 Å². The maximum absolute atomic E-state index is 11.1. The Kier molecular flexibility index (Phi) is 3.95. The number of carbonyl (C=O) groups is 1. The Morgan fingerprint density at radius 3 is 2.58 bits per heavy atom. The number of piperidine rings is 1. The molecule has 19 heavy (non-hydrogen) atoms. The zero-order valence-corrected chi connectivity index (χ0v) is 10.9. The van der Waals surface area contributed by atoms with Crippen LogP contribution in [-0.2, 0) is 4.79 Å². The lowest BCUT2D eigenvalue weighted by Crippen LogP contribution is -2.40. The molecule has 0 aliphatic carbocycles. The van der Waals surface area contributed by atoms with Gasteiger partial charge in [-0.15, -0.1) is 0 Å². The van der Waals surface area contributed by atoms with Crippen molar-refractivity contribution in [1.29, 1.82) is 0 Å². The molecule has 1 aliphatic rings. The van der Waals surface area contributed by atoms with Crippen LogP contribution < -0.4 is 0 Å². The second kappa shape index (κ2) is 5.48. The number of carboxylic acid groups (broad SMARTS) is 1. The highest BCUT2D eigenvalue weighted by Gasteiger charge is 2.30. The Labute approximate surface area is 112 Å². The molecule has 2 unspecified atom stereocenters. The third-order valence-corrected chi connectivity index (χ3v) is 3.83. The van der Waals surface area contributed by atoms with Gasteiger partial charge in [-0.05, 0) is 38.4 Å². The number of nitrogens with zero attached hydrogens (tertiary/aromatic N) is 1. The standard InChI is InChI=1S/C14H19NO4/c1-9(13-11(16)5-2-6-12(13)17)15-7-3-4-10(8-15)14(18)19/h2,5-6,9-10,16-17H,3-4,7-8H2,1H3,(H,18,19). The van der Waals surface area contributed by atoms with Crippen LogP contribution in [0.2, 0.25) is 0 Å². The number of carboxylic acids is 1. The average Bonchev–Trinajstić information content (AvgIpc) is 2.38. The molecule has 0 spiro atoms. The first-order valence-electron chi connectivity index (χ1n) is 6.48. The molecule has 1 fully saturated rings. The summed E-state index contributed by atoms with van der Waals surface area (Å²) in [5.74, 6) is -1.06. The van der Waals surface area contributed by atoms with Gasteiger partial charge in [0.25, 0.3) is 0 Å². The van der Waals surface area contributed by atoms with Crippen molar-refractivity contribution in [1.82, 2.24) is 4.90 Å². The molecule has 1 aromatic rings. The Morgan fingerprint density at radius 2 is 2.00 bits per heavy atom. The number of likely N-dealkylation sites (tertiary alicyclic amines) is 1. The number of hydrogen-bond donors (Lipinski definition) is 3. The molecular formula is C14H19NO4. The molecule has 3 N–H and O–H groups in total. The van der Waals surface area contributed by atoms with Crippen molar-refractivity contribution in [2.45, 2.75) is 25.8 Å². The summed E-state index contributed by atoms with van der Waals surface area (Å²) >= 11 is 0. The molecular weight excluding hydrogens is 246 g/mol. The van der Waals surface area contributed by atoms with Crippen molar-refractivity contribution in [2.24, 2.45) is 5.92 Å². The van der Waals surface area contributed by atoms with Gasteiger partial charge in [-0.25, -0.2) is 0 Å². The van der Waals surface area contributed by atoms with E-state index >= 15 is 0 Å². The van der Waals surface area contributed by atoms with Crippen LogP contribution in [0.3, 0.4) is 0 Å². The highest BCUT2D eigenvalue weighted by molar-refractivity contribution is 5.70. The summed E-state index contributed by atoms with van der Waals surface area (Å²) in [5, 5.41) is 28.8. The van der Waals surface area contributed by atoms with Gasteiger partial charge in [0.2, 0.25) is 0 Å². The third-order valence-electron chi connectivity index (χ3n) is 3.83. The van der Waals surface area contributed by atoms with E-state index in [9.17, 15) is 15.0 Å². The van der Waals surface area contributed by atoms with E-state index in [1.165, 1.54) is 12.1 Å². The zero-order chi connectivity index (χ0) is 14.0. The topological polar surface area (TPSA) is 81.0 Å². The average molecular weight is 265 g/mol. The number of rotatable bonds is 3. The fourth-order valence-corrected chi connectivity index (χ4v) is 2.71. The van der Waals surface area contributed by atoms with Gasteiger partial charge in [-0.3, -0.25) is 9.69 Å². The van der Waals surface area contributed by atoms with E-state index in [4.69, 9.17) is 5.11 Å². The minimum atomic E-state index is -0.779. The molecule has 0 radical (unpaired) electrons. The van der Waals surface area contributed by atoms with Crippen LogP contribution in [-0.4, -0.2) is 39.3 Å². The smallest absolute Gasteiger partial charge is 0.307 e. The van der Waals surface area contributed by atoms with Gasteiger partial charge in [-0.2, -0.15) is 0 Å². The number of benzene rings is 1. The molecule has 0 amide bonds. The Morgan fingerprint density at radius 1 is 1.37 bits per heavy atom. The van der Waals surface area contributed by atoms with Gasteiger partial charge in [0.05, 0.1) is 11.5 Å². The fraction of sp³-hybridized carbons (Fsp3) is 0.500. The summed E-state index contributed by atoms with van der Waals surface area (Å²) in [7, 11) is 0. The van der Waals surface area contributed by atoms with E-state index in [1.807, 2.05) is 11.8 Å². The largest absolute Gasteiger partial charge is 0.507 e. The number of phenolic OH excluding ortho intramolecular Hbond substituents is 2. The van der Waals surface area contributed by atoms with Crippen molar-refractivity contribution in [3.05, 3.63) is 23.8 Å². The van der Waals surface area contributed by atoms with Crippen LogP contribution in [0.5, 0.6) is 11.5 Å². The number of hydrogen-bond acceptors (Lipinski definition) is 4. The van der Waals surface area contributed by atoms with Crippen LogP contribution in [0.4, 0.5) is 0 Å². The fourth-order valence-electron chi connectivity index (χ4n) is 2.71. The zero-order valence-electron chi connectivity index (χ0n) is 10.9. The number of aliphatic carboxylic acids is 1. The van der Waals surface area contributed by atoms with Crippen LogP contribution >= 0.6 is 0 Å². The van der Waals surface area contributed by atoms with Gasteiger partial charge < -0.3 is 15.3 Å². The number of phenols is 2. The summed E-state index contributed by atoms with van der Waals surface area (Å²) in [6.07, 6.45) is 1.50. The van der Waals surface area contributed by atoms with Crippen molar-refractivity contribution >= 4 is 5.97 Å². The third kappa shape index (κ3) is 2.81. The van der Waals surface area contributed by atoms with Crippen LogP contribution in [0.1, 0.15) is 31.4 Å². The lowest BCUT2D eigenvalue weighted by atomic mass is 9.95. The molecule has 1 aliphatic heterocycles. The second-order valence-electron chi connectivity index (χ2n) is 5.06. The lowest BCUT2D eigenvalue weighted by molar-refractivity contribution is -0.143. The summed E-state index contributed by atoms with van der Waals surface area (Å²) in [5.41, 5.74) is 0.466. The molecule has 104 valence electrons. The van der Waals surface area contributed by atoms with Crippen molar-refractivity contribution < 1.29 is 20.1 Å². The van der Waals surface area contributed by atoms with E-state index in [0.29, 0.717) is 18.5 Å². The molecule has 1 saturated heterocycles. The first-order valence-corrected chi connectivity index (χ1v) is 6.48. The van der Waals surface area contributed by atoms with Gasteiger partial charge in [0.1, 0.15) is 11.5 Å². The Bertz CT molecular complexity index is 454. The first kappa shape index (κ1) is 13.7. The highest BCUT2D eigenvalue weighted by Crippen LogP contribution is 2.37. The molecule has 0 aromatic heterocycles. The Balaban J connectivity index is 2.19. The quantitative estimate of drug-likeness (QED) is 0.778. The van der Waals surface area contributed by atoms with Crippen molar-refractivity contribution in [3.8, 4) is 11.5 Å². The van der Waals surface area contributed by atoms with Crippen molar-refractivity contribution in [2.75, 3.05) is 13.1 Å². The summed E-state index contributed by atoms with van der Waals surface area (Å²) in [4.78, 5) is 13.1. The van der Waals surface area contributed by atoms with E-state index in [2.05, 4.69) is 0 Å². The van der Waals surface area contributed by atoms with Gasteiger partial charge in [0, 0.05) is 12.6 Å². The SMILES string of the molecule is CC(c1c(O)cccc1O)N1CCCC(C(=O)O)C1. The molecule has 1 aromatic carbocycles. The van der Waals surface area contributed by atoms with E-state index in [1.54, 1.807) is 6.07 Å². The minimum Gasteiger partial charge on any atom is -0.507 e. The summed E-state index contributed by atoms with van der Waals surface area (Å²) < 4.78 is 0. The first-order chi connectivity index (χ1) is 9.00. The molecule has 0 saturated carbocycles. The predicted molar refractivity (Wildman–Crippen MR) is 70.1 cm³/mol. The monoisotopic (exact) mass is 265 g/mol. The molecule has 5 heteroatoms. The van der Waals surface area contributed by atoms with Gasteiger partial charge in [0.15, 0.2) is 0 Å². The maximum Gasteiger partial charge on any atom is 0.307 e. The minimum absolute atomic E-state index is 0.0462. The summed E-state index contributed by atoms with van der Waals surface area (Å²) in [6.45, 7) is 3.10. The number of aromatic hydroxyl groups is 2. The Hall–Kier alpha value is -1.75. The lowest BCUT2D eigenvalue weighted by Gasteiger charge is -2.35. The predicted octanol–water partition coefficient (Wildman–Crippen LogP) is 1.96.